The van der Waals surface area contributed by atoms with E-state index in [0.29, 0.717) is 16.2 Å². The van der Waals surface area contributed by atoms with Gasteiger partial charge in [0.2, 0.25) is 0 Å². The Morgan fingerprint density at radius 3 is 1.50 bits per heavy atom. The zero-order chi connectivity index (χ0) is 2.00. The summed E-state index contributed by atoms with van der Waals surface area (Å²) in [5, 5.41) is 0. The van der Waals surface area contributed by atoms with Crippen LogP contribution >= 0.6 is 0 Å². The summed E-state index contributed by atoms with van der Waals surface area (Å²) < 4.78 is 8.28. The molecule has 4 heavy (non-hydrogen) atoms. The average Bonchev–Trinajstić information content (AvgIpc) is 1.00. The summed E-state index contributed by atoms with van der Waals surface area (Å²) >= 11 is 0.611. The molecule has 0 aromatic carbocycles. The van der Waals surface area contributed by atoms with Gasteiger partial charge in [-0.15, -0.1) is 0 Å². The van der Waals surface area contributed by atoms with Crippen molar-refractivity contribution in [2.75, 3.05) is 0 Å². The second-order valence-corrected chi connectivity index (χ2v) is 0. The van der Waals surface area contributed by atoms with Crippen molar-refractivity contribution in [1.82, 2.24) is 0 Å². The van der Waals surface area contributed by atoms with E-state index in [9.17, 15) is 0 Å². The fraction of sp³-hybridized carbons (Fsp3) is 0. The molecule has 22 valence electrons. The van der Waals surface area contributed by atoms with E-state index >= 15 is 0 Å². The monoisotopic (exact) mass is 247 g/mol. The van der Waals surface area contributed by atoms with Crippen LogP contribution in [0.5, 0.6) is 0 Å². The Morgan fingerprint density at radius 2 is 1.50 bits per heavy atom. The number of rotatable bonds is 0. The van der Waals surface area contributed by atoms with E-state index < -0.39 is 0 Å². The topological polar surface area (TPSA) is 17.1 Å². The minimum atomic E-state index is 0. The molecule has 0 rings (SSSR count). The van der Waals surface area contributed by atoms with Gasteiger partial charge in [0.15, 0.2) is 0 Å². The molecule has 4 heteroatoms. The fourth-order valence-corrected chi connectivity index (χ4v) is 0. The van der Waals surface area contributed by atoms with Crippen LogP contribution in [0.4, 0.5) is 0 Å². The van der Waals surface area contributed by atoms with Crippen LogP contribution in [0.25, 0.3) is 0 Å². The minimum Gasteiger partial charge on any atom is 0 e. The van der Waals surface area contributed by atoms with Gasteiger partial charge in [-0.25, -0.2) is 0 Å². The van der Waals surface area contributed by atoms with Gasteiger partial charge >= 0.3 is 38.9 Å². The van der Waals surface area contributed by atoms with E-state index in [1.54, 1.807) is 0 Å². The van der Waals surface area contributed by atoms with Gasteiger partial charge in [-0.1, -0.05) is 0 Å². The predicted octanol–water partition coefficient (Wildman–Crippen LogP) is -3.65. The van der Waals surface area contributed by atoms with Crippen LogP contribution in [-0.2, 0) is 24.9 Å². The van der Waals surface area contributed by atoms with Gasteiger partial charge in [0.1, 0.15) is 0 Å². The van der Waals surface area contributed by atoms with Crippen molar-refractivity contribution >= 4 is 16.2 Å². The zero-order valence-corrected chi connectivity index (χ0v) is 6.12. The van der Waals surface area contributed by atoms with Crippen molar-refractivity contribution in [3.05, 3.63) is 0 Å². The smallest absolute Gasteiger partial charge is 0 e. The molecule has 0 unspecified atom stereocenters. The summed E-state index contributed by atoms with van der Waals surface area (Å²) in [7, 11) is 0. The Labute approximate surface area is 61.1 Å². The van der Waals surface area contributed by atoms with Crippen LogP contribution in [0.3, 0.4) is 0 Å². The zero-order valence-electron chi connectivity index (χ0n) is 3.43. The van der Waals surface area contributed by atoms with Crippen molar-refractivity contribution < 1.29 is 45.2 Å². The number of hydrogen-bond donors (Lipinski definition) is 0. The van der Waals surface area contributed by atoms with Gasteiger partial charge < -0.3 is 1.43 Å². The summed E-state index contributed by atoms with van der Waals surface area (Å²) in [6.07, 6.45) is 0. The molecule has 0 radical (unpaired) electrons. The first-order valence-corrected chi connectivity index (χ1v) is 0.866. The molecule has 0 aliphatic heterocycles. The van der Waals surface area contributed by atoms with E-state index in [4.69, 9.17) is 3.80 Å². The molecule has 0 aliphatic carbocycles. The first-order valence-electron chi connectivity index (χ1n) is 0.289. The fourth-order valence-electron chi connectivity index (χ4n) is 0. The molecular formula is H2AlLiOPt. The Hall–Kier alpha value is 1.62. The molecule has 0 aromatic rings. The van der Waals surface area contributed by atoms with Crippen LogP contribution < -0.4 is 18.9 Å². The van der Waals surface area contributed by atoms with E-state index in [0.717, 1.165) is 0 Å². The van der Waals surface area contributed by atoms with Gasteiger partial charge in [0.05, 0.1) is 0 Å². The van der Waals surface area contributed by atoms with Gasteiger partial charge in [0, 0.05) is 21.1 Å². The Bertz CT molecular complexity index is 11.6. The predicted molar refractivity (Wildman–Crippen MR) is 8.95 cm³/mol. The largest absolute Gasteiger partial charge is 0 e. The molecule has 0 amide bonds. The molecule has 0 bridgehead atoms. The first-order chi connectivity index (χ1) is 1.00. The second-order valence-electron chi connectivity index (χ2n) is 0. The molecule has 0 atom stereocenters. The van der Waals surface area contributed by atoms with E-state index in [1.807, 2.05) is 0 Å². The van der Waals surface area contributed by atoms with Gasteiger partial charge in [-0.2, -0.15) is 0 Å². The number of hydrogen-bond acceptors (Lipinski definition) is 1. The maximum absolute atomic E-state index is 8.28. The molecule has 0 N–H and O–H groups in total. The molecule has 0 fully saturated rings. The first kappa shape index (κ1) is 17.5. The Balaban J connectivity index is -0.00000000167. The van der Waals surface area contributed by atoms with Crippen LogP contribution in [0.2, 0.25) is 0 Å². The summed E-state index contributed by atoms with van der Waals surface area (Å²) in [5.41, 5.74) is 0. The molecule has 0 spiro atoms. The summed E-state index contributed by atoms with van der Waals surface area (Å²) in [5.74, 6) is 0. The third-order valence-electron chi connectivity index (χ3n) is 0. The van der Waals surface area contributed by atoms with E-state index in [2.05, 4.69) is 0 Å². The van der Waals surface area contributed by atoms with Gasteiger partial charge in [-0.3, -0.25) is 0 Å². The average molecular weight is 247 g/mol. The summed E-state index contributed by atoms with van der Waals surface area (Å²) in [6, 6.07) is 0. The maximum atomic E-state index is 8.28. The van der Waals surface area contributed by atoms with Crippen LogP contribution in [-0.4, -0.2) is 16.2 Å². The van der Waals surface area contributed by atoms with Crippen molar-refractivity contribution in [3.63, 3.8) is 0 Å². The molecule has 0 saturated heterocycles. The van der Waals surface area contributed by atoms with Crippen molar-refractivity contribution in [1.29, 1.82) is 0 Å². The Kier molecular flexibility index (Phi) is 101. The van der Waals surface area contributed by atoms with Gasteiger partial charge in [-0.05, 0) is 0 Å². The maximum Gasteiger partial charge on any atom is 0 e. The normalized spacial score (nSPS) is 0.750. The third kappa shape index (κ3) is 9.47. The molecule has 0 heterocycles. The van der Waals surface area contributed by atoms with Crippen molar-refractivity contribution in [2.24, 2.45) is 0 Å². The minimum absolute atomic E-state index is 0. The van der Waals surface area contributed by atoms with Crippen LogP contribution in [0, 0.1) is 0 Å². The summed E-state index contributed by atoms with van der Waals surface area (Å²) in [4.78, 5) is 0. The quantitative estimate of drug-likeness (QED) is 0.403. The standard InChI is InChI=1S/Al.Li.O.Pt.2H/q;+1;;;;-1. The third-order valence-corrected chi connectivity index (χ3v) is 0. The SMILES string of the molecule is [H-].[Li+].[O]=[AlH].[Pt]. The van der Waals surface area contributed by atoms with E-state index in [-0.39, 0.29) is 41.4 Å². The van der Waals surface area contributed by atoms with Crippen LogP contribution in [0.1, 0.15) is 1.43 Å². The Morgan fingerprint density at radius 1 is 1.50 bits per heavy atom. The van der Waals surface area contributed by atoms with Gasteiger partial charge in [0.25, 0.3) is 0 Å². The molecule has 1 nitrogen and oxygen atoms in total. The van der Waals surface area contributed by atoms with E-state index in [1.165, 1.54) is 0 Å². The van der Waals surface area contributed by atoms with Crippen molar-refractivity contribution in [3.8, 4) is 0 Å². The summed E-state index contributed by atoms with van der Waals surface area (Å²) in [6.45, 7) is 0. The molecule has 0 aliphatic rings. The molecule has 0 saturated carbocycles. The second kappa shape index (κ2) is 23.1. The van der Waals surface area contributed by atoms with Crippen LogP contribution in [0.15, 0.2) is 0 Å². The van der Waals surface area contributed by atoms with Crippen molar-refractivity contribution in [2.45, 2.75) is 0 Å². The molecule has 0 aromatic heterocycles. The molecular weight excluding hydrogens is 245 g/mol.